The van der Waals surface area contributed by atoms with Crippen LogP contribution in [0, 0.1) is 12.7 Å². The number of hydrogen-bond donors (Lipinski definition) is 2. The molecule has 0 amide bonds. The van der Waals surface area contributed by atoms with Crippen LogP contribution in [0.2, 0.25) is 0 Å². The number of guanidine groups is 1. The lowest BCUT2D eigenvalue weighted by atomic mass is 10.1. The number of ether oxygens (including phenoxy) is 1. The van der Waals surface area contributed by atoms with Gasteiger partial charge < -0.3 is 19.9 Å². The third kappa shape index (κ3) is 5.80. The van der Waals surface area contributed by atoms with Crippen LogP contribution in [0.15, 0.2) is 27.7 Å². The number of hydrogen-bond acceptors (Lipinski definition) is 5. The Hall–Kier alpha value is -2.48. The fourth-order valence-corrected chi connectivity index (χ4v) is 2.31. The van der Waals surface area contributed by atoms with Crippen LogP contribution in [0.25, 0.3) is 0 Å². The van der Waals surface area contributed by atoms with E-state index in [0.717, 1.165) is 5.56 Å². The molecule has 1 atom stereocenters. The van der Waals surface area contributed by atoms with Crippen LogP contribution in [-0.2, 0) is 17.8 Å². The summed E-state index contributed by atoms with van der Waals surface area (Å²) in [6.45, 7) is 9.60. The Morgan fingerprint density at radius 2 is 2.15 bits per heavy atom. The molecule has 1 unspecified atom stereocenters. The first kappa shape index (κ1) is 19.8. The summed E-state index contributed by atoms with van der Waals surface area (Å²) in [5.74, 6) is 1.38. The first-order chi connectivity index (χ1) is 12.5. The summed E-state index contributed by atoms with van der Waals surface area (Å²) >= 11 is 0. The summed E-state index contributed by atoms with van der Waals surface area (Å²) in [4.78, 5) is 8.81. The van der Waals surface area contributed by atoms with Gasteiger partial charge in [-0.1, -0.05) is 17.3 Å². The first-order valence-electron chi connectivity index (χ1n) is 8.74. The molecule has 0 spiro atoms. The average Bonchev–Trinajstić information content (AvgIpc) is 3.09. The summed E-state index contributed by atoms with van der Waals surface area (Å²) in [6.07, 6.45) is -0.207. The summed E-state index contributed by atoms with van der Waals surface area (Å²) in [5.41, 5.74) is 1.55. The number of aliphatic imine (C=N–C) groups is 1. The monoisotopic (exact) mass is 363 g/mol. The molecule has 8 heteroatoms. The largest absolute Gasteiger partial charge is 0.371 e. The maximum atomic E-state index is 13.3. The van der Waals surface area contributed by atoms with Crippen molar-refractivity contribution in [3.05, 3.63) is 46.9 Å². The van der Waals surface area contributed by atoms with Crippen molar-refractivity contribution < 1.29 is 13.7 Å². The molecule has 0 aliphatic rings. The third-order valence-corrected chi connectivity index (χ3v) is 3.66. The molecule has 2 N–H and O–H groups in total. The highest BCUT2D eigenvalue weighted by molar-refractivity contribution is 5.79. The maximum Gasteiger partial charge on any atom is 0.246 e. The van der Waals surface area contributed by atoms with Gasteiger partial charge in [-0.05, 0) is 44.9 Å². The summed E-state index contributed by atoms with van der Waals surface area (Å²) < 4.78 is 24.0. The average molecular weight is 363 g/mol. The SMILES string of the molecule is CCNC(=NCc1ccc(F)c(C)c1)NCc1nc(C(C)OCC)no1. The fourth-order valence-electron chi connectivity index (χ4n) is 2.31. The van der Waals surface area contributed by atoms with Crippen LogP contribution in [0.4, 0.5) is 4.39 Å². The fraction of sp³-hybridized carbons (Fsp3) is 0.500. The van der Waals surface area contributed by atoms with E-state index in [4.69, 9.17) is 9.26 Å². The van der Waals surface area contributed by atoms with E-state index in [1.807, 2.05) is 20.8 Å². The molecule has 26 heavy (non-hydrogen) atoms. The van der Waals surface area contributed by atoms with E-state index in [1.165, 1.54) is 6.07 Å². The second kappa shape index (κ2) is 9.86. The number of benzene rings is 1. The molecular weight excluding hydrogens is 337 g/mol. The molecule has 1 aromatic heterocycles. The highest BCUT2D eigenvalue weighted by Gasteiger charge is 2.13. The minimum atomic E-state index is -0.212. The second-order valence-electron chi connectivity index (χ2n) is 5.78. The predicted molar refractivity (Wildman–Crippen MR) is 97.1 cm³/mol. The molecule has 0 saturated carbocycles. The van der Waals surface area contributed by atoms with Crippen molar-refractivity contribution in [1.82, 2.24) is 20.8 Å². The van der Waals surface area contributed by atoms with Gasteiger partial charge in [0.1, 0.15) is 11.9 Å². The Morgan fingerprint density at radius 1 is 1.35 bits per heavy atom. The molecular formula is C18H26FN5O2. The van der Waals surface area contributed by atoms with E-state index in [2.05, 4.69) is 25.8 Å². The summed E-state index contributed by atoms with van der Waals surface area (Å²) in [5, 5.41) is 10.2. The van der Waals surface area contributed by atoms with Gasteiger partial charge in [0.15, 0.2) is 11.8 Å². The number of halogens is 1. The van der Waals surface area contributed by atoms with E-state index in [9.17, 15) is 4.39 Å². The normalized spacial score (nSPS) is 12.9. The summed E-state index contributed by atoms with van der Waals surface area (Å²) in [7, 11) is 0. The molecule has 0 saturated heterocycles. The number of aromatic nitrogens is 2. The van der Waals surface area contributed by atoms with Gasteiger partial charge in [-0.25, -0.2) is 9.38 Å². The Bertz CT molecular complexity index is 732. The van der Waals surface area contributed by atoms with Crippen LogP contribution in [0.3, 0.4) is 0 Å². The van der Waals surface area contributed by atoms with Gasteiger partial charge in [-0.2, -0.15) is 4.98 Å². The Morgan fingerprint density at radius 3 is 2.85 bits per heavy atom. The van der Waals surface area contributed by atoms with Crippen LogP contribution < -0.4 is 10.6 Å². The lowest BCUT2D eigenvalue weighted by Gasteiger charge is -2.09. The highest BCUT2D eigenvalue weighted by Crippen LogP contribution is 2.12. The van der Waals surface area contributed by atoms with Crippen molar-refractivity contribution in [2.45, 2.75) is 46.9 Å². The molecule has 0 aliphatic carbocycles. The van der Waals surface area contributed by atoms with Gasteiger partial charge in [0.05, 0.1) is 13.1 Å². The van der Waals surface area contributed by atoms with E-state index in [0.29, 0.717) is 49.5 Å². The van der Waals surface area contributed by atoms with Gasteiger partial charge in [0.25, 0.3) is 0 Å². The van der Waals surface area contributed by atoms with E-state index in [1.54, 1.807) is 19.1 Å². The van der Waals surface area contributed by atoms with E-state index < -0.39 is 0 Å². The van der Waals surface area contributed by atoms with Crippen LogP contribution in [0.1, 0.15) is 49.7 Å². The molecule has 0 bridgehead atoms. The van der Waals surface area contributed by atoms with Crippen LogP contribution >= 0.6 is 0 Å². The van der Waals surface area contributed by atoms with Gasteiger partial charge >= 0.3 is 0 Å². The highest BCUT2D eigenvalue weighted by atomic mass is 19.1. The van der Waals surface area contributed by atoms with Crippen LogP contribution in [0.5, 0.6) is 0 Å². The molecule has 0 aliphatic heterocycles. The zero-order valence-electron chi connectivity index (χ0n) is 15.7. The molecule has 2 rings (SSSR count). The molecule has 142 valence electrons. The van der Waals surface area contributed by atoms with Crippen molar-refractivity contribution >= 4 is 5.96 Å². The maximum absolute atomic E-state index is 13.3. The molecule has 2 aromatic rings. The van der Waals surface area contributed by atoms with Gasteiger partial charge in [0, 0.05) is 13.2 Å². The second-order valence-corrected chi connectivity index (χ2v) is 5.78. The lowest BCUT2D eigenvalue weighted by molar-refractivity contribution is 0.0683. The zero-order chi connectivity index (χ0) is 18.9. The predicted octanol–water partition coefficient (Wildman–Crippen LogP) is 2.87. The molecule has 7 nitrogen and oxygen atoms in total. The molecule has 0 radical (unpaired) electrons. The quantitative estimate of drug-likeness (QED) is 0.554. The Kier molecular flexibility index (Phi) is 7.53. The molecule has 1 heterocycles. The zero-order valence-corrected chi connectivity index (χ0v) is 15.7. The molecule has 1 aromatic carbocycles. The topological polar surface area (TPSA) is 84.6 Å². The number of nitrogens with zero attached hydrogens (tertiary/aromatic N) is 3. The smallest absolute Gasteiger partial charge is 0.246 e. The van der Waals surface area contributed by atoms with Gasteiger partial charge in [-0.3, -0.25) is 0 Å². The van der Waals surface area contributed by atoms with Crippen LogP contribution in [-0.4, -0.2) is 29.3 Å². The Labute approximate surface area is 153 Å². The minimum Gasteiger partial charge on any atom is -0.371 e. The minimum absolute atomic E-state index is 0.207. The third-order valence-electron chi connectivity index (χ3n) is 3.66. The standard InChI is InChI=1S/C18H26FN5O2/c1-5-20-18(21-10-14-7-8-15(19)12(3)9-14)22-11-16-23-17(24-26-16)13(4)25-6-2/h7-9,13H,5-6,10-11H2,1-4H3,(H2,20,21,22). The van der Waals surface area contributed by atoms with Gasteiger partial charge in [-0.15, -0.1) is 0 Å². The van der Waals surface area contributed by atoms with Crippen molar-refractivity contribution in [2.24, 2.45) is 4.99 Å². The van der Waals surface area contributed by atoms with Gasteiger partial charge in [0.2, 0.25) is 5.89 Å². The van der Waals surface area contributed by atoms with Crippen molar-refractivity contribution in [1.29, 1.82) is 0 Å². The lowest BCUT2D eigenvalue weighted by Crippen LogP contribution is -2.36. The number of rotatable bonds is 8. The summed E-state index contributed by atoms with van der Waals surface area (Å²) in [6, 6.07) is 4.98. The number of nitrogens with one attached hydrogen (secondary N) is 2. The molecule has 0 fully saturated rings. The Balaban J connectivity index is 1.95. The number of aryl methyl sites for hydroxylation is 1. The first-order valence-corrected chi connectivity index (χ1v) is 8.74. The van der Waals surface area contributed by atoms with E-state index >= 15 is 0 Å². The van der Waals surface area contributed by atoms with Crippen molar-refractivity contribution in [2.75, 3.05) is 13.2 Å². The van der Waals surface area contributed by atoms with E-state index in [-0.39, 0.29) is 11.9 Å². The van der Waals surface area contributed by atoms with Crippen molar-refractivity contribution in [3.8, 4) is 0 Å². The van der Waals surface area contributed by atoms with Crippen molar-refractivity contribution in [3.63, 3.8) is 0 Å².